The van der Waals surface area contributed by atoms with Crippen LogP contribution in [0.25, 0.3) is 0 Å². The molecule has 2 aliphatic heterocycles. The van der Waals surface area contributed by atoms with Crippen LogP contribution in [0.3, 0.4) is 0 Å². The Labute approximate surface area is 174 Å². The monoisotopic (exact) mass is 391 g/mol. The molecule has 4 rings (SSSR count). The van der Waals surface area contributed by atoms with E-state index in [1.54, 1.807) is 0 Å². The average molecular weight is 392 g/mol. The van der Waals surface area contributed by atoms with Crippen LogP contribution in [0.4, 0.5) is 0 Å². The summed E-state index contributed by atoms with van der Waals surface area (Å²) in [4.78, 5) is 17.8. The van der Waals surface area contributed by atoms with Gasteiger partial charge in [0.05, 0.1) is 0 Å². The maximum Gasteiger partial charge on any atom is 0.244 e. The van der Waals surface area contributed by atoms with Crippen LogP contribution < -0.4 is 5.32 Å². The van der Waals surface area contributed by atoms with Gasteiger partial charge in [-0.05, 0) is 55.5 Å². The van der Waals surface area contributed by atoms with Crippen molar-refractivity contribution in [1.29, 1.82) is 0 Å². The smallest absolute Gasteiger partial charge is 0.244 e. The van der Waals surface area contributed by atoms with Gasteiger partial charge in [-0.25, -0.2) is 0 Å². The summed E-state index contributed by atoms with van der Waals surface area (Å²) >= 11 is 0. The molecule has 2 aromatic carbocycles. The summed E-state index contributed by atoms with van der Waals surface area (Å²) < 4.78 is 0. The average Bonchev–Trinajstić information content (AvgIpc) is 3.31. The van der Waals surface area contributed by atoms with Crippen LogP contribution in [0.15, 0.2) is 54.6 Å². The second-order valence-corrected chi connectivity index (χ2v) is 8.36. The van der Waals surface area contributed by atoms with Crippen LogP contribution in [0, 0.1) is 0 Å². The zero-order valence-corrected chi connectivity index (χ0v) is 17.4. The van der Waals surface area contributed by atoms with Crippen molar-refractivity contribution < 1.29 is 4.79 Å². The fourth-order valence-corrected chi connectivity index (χ4v) is 4.57. The Balaban J connectivity index is 1.48. The molecule has 1 atom stereocenters. The van der Waals surface area contributed by atoms with E-state index in [1.165, 1.54) is 43.5 Å². The van der Waals surface area contributed by atoms with Crippen molar-refractivity contribution in [3.8, 4) is 0 Å². The van der Waals surface area contributed by atoms with Crippen molar-refractivity contribution in [3.63, 3.8) is 0 Å². The number of nitrogens with zero attached hydrogens (tertiary/aromatic N) is 2. The zero-order chi connectivity index (χ0) is 19.9. The van der Waals surface area contributed by atoms with Crippen molar-refractivity contribution in [1.82, 2.24) is 15.1 Å². The third-order valence-corrected chi connectivity index (χ3v) is 6.26. The number of amides is 1. The van der Waals surface area contributed by atoms with Crippen LogP contribution in [0.1, 0.15) is 54.8 Å². The molecule has 4 heteroatoms. The SMILES string of the molecule is O=C(C(NCc1ccccc1CN1CCCCC1)c1ccccc1)N1CCCC1. The molecule has 2 aliphatic rings. The molecule has 0 saturated carbocycles. The molecule has 154 valence electrons. The van der Waals surface area contributed by atoms with E-state index >= 15 is 0 Å². The molecular formula is C25H33N3O. The largest absolute Gasteiger partial charge is 0.341 e. The molecule has 1 unspecified atom stereocenters. The maximum atomic E-state index is 13.2. The van der Waals surface area contributed by atoms with E-state index in [0.29, 0.717) is 6.54 Å². The Kier molecular flexibility index (Phi) is 6.96. The van der Waals surface area contributed by atoms with Crippen LogP contribution in [0.5, 0.6) is 0 Å². The first-order valence-corrected chi connectivity index (χ1v) is 11.2. The van der Waals surface area contributed by atoms with Crippen LogP contribution in [-0.4, -0.2) is 41.9 Å². The van der Waals surface area contributed by atoms with Gasteiger partial charge in [0.25, 0.3) is 0 Å². The first-order chi connectivity index (χ1) is 14.3. The Morgan fingerprint density at radius 3 is 2.14 bits per heavy atom. The summed E-state index contributed by atoms with van der Waals surface area (Å²) in [6.45, 7) is 5.88. The van der Waals surface area contributed by atoms with Gasteiger partial charge in [-0.15, -0.1) is 0 Å². The summed E-state index contributed by atoms with van der Waals surface area (Å²) in [5.41, 5.74) is 3.73. The minimum absolute atomic E-state index is 0.210. The molecule has 2 heterocycles. The topological polar surface area (TPSA) is 35.6 Å². The lowest BCUT2D eigenvalue weighted by Crippen LogP contribution is -2.39. The van der Waals surface area contributed by atoms with E-state index in [-0.39, 0.29) is 11.9 Å². The lowest BCUT2D eigenvalue weighted by molar-refractivity contribution is -0.132. The van der Waals surface area contributed by atoms with Gasteiger partial charge in [0.2, 0.25) is 5.91 Å². The van der Waals surface area contributed by atoms with Crippen LogP contribution >= 0.6 is 0 Å². The predicted octanol–water partition coefficient (Wildman–Crippen LogP) is 4.13. The standard InChI is InChI=1S/C25H33N3O/c29-25(28-17-9-10-18-28)24(21-11-3-1-4-12-21)26-19-22-13-5-6-14-23(22)20-27-15-7-2-8-16-27/h1,3-6,11-14,24,26H,2,7-10,15-20H2. The van der Waals surface area contributed by atoms with E-state index < -0.39 is 0 Å². The molecule has 2 aromatic rings. The quantitative estimate of drug-likeness (QED) is 0.771. The van der Waals surface area contributed by atoms with Crippen molar-refractivity contribution in [2.75, 3.05) is 26.2 Å². The fourth-order valence-electron chi connectivity index (χ4n) is 4.57. The van der Waals surface area contributed by atoms with Crippen molar-refractivity contribution in [2.24, 2.45) is 0 Å². The maximum absolute atomic E-state index is 13.2. The van der Waals surface area contributed by atoms with E-state index in [9.17, 15) is 4.79 Å². The number of nitrogens with one attached hydrogen (secondary N) is 1. The van der Waals surface area contributed by atoms with E-state index in [1.807, 2.05) is 23.1 Å². The molecular weight excluding hydrogens is 358 g/mol. The molecule has 1 amide bonds. The Morgan fingerprint density at radius 2 is 1.41 bits per heavy atom. The van der Waals surface area contributed by atoms with Gasteiger partial charge in [0, 0.05) is 26.2 Å². The molecule has 0 radical (unpaired) electrons. The van der Waals surface area contributed by atoms with Gasteiger partial charge in [0.1, 0.15) is 6.04 Å². The van der Waals surface area contributed by atoms with Crippen LogP contribution in [-0.2, 0) is 17.9 Å². The van der Waals surface area contributed by atoms with Gasteiger partial charge in [0.15, 0.2) is 0 Å². The number of hydrogen-bond acceptors (Lipinski definition) is 3. The summed E-state index contributed by atoms with van der Waals surface area (Å²) in [7, 11) is 0. The lowest BCUT2D eigenvalue weighted by atomic mass is 10.0. The first kappa shape index (κ1) is 20.1. The highest BCUT2D eigenvalue weighted by atomic mass is 16.2. The number of benzene rings is 2. The third kappa shape index (κ3) is 5.26. The normalized spacial score (nSPS) is 18.7. The highest BCUT2D eigenvalue weighted by molar-refractivity contribution is 5.83. The Hall–Kier alpha value is -2.17. The fraction of sp³-hybridized carbons (Fsp3) is 0.480. The number of likely N-dealkylation sites (tertiary alicyclic amines) is 2. The van der Waals surface area contributed by atoms with Gasteiger partial charge in [-0.3, -0.25) is 15.0 Å². The second kappa shape index (κ2) is 10.0. The molecule has 0 bridgehead atoms. The van der Waals surface area contributed by atoms with Crippen LogP contribution in [0.2, 0.25) is 0 Å². The Bertz CT molecular complexity index is 780. The van der Waals surface area contributed by atoms with Gasteiger partial charge >= 0.3 is 0 Å². The minimum Gasteiger partial charge on any atom is -0.341 e. The molecule has 0 aromatic heterocycles. The number of hydrogen-bond donors (Lipinski definition) is 1. The molecule has 29 heavy (non-hydrogen) atoms. The summed E-state index contributed by atoms with van der Waals surface area (Å²) in [6, 6.07) is 18.6. The molecule has 0 spiro atoms. The summed E-state index contributed by atoms with van der Waals surface area (Å²) in [5, 5.41) is 3.60. The van der Waals surface area contributed by atoms with E-state index in [4.69, 9.17) is 0 Å². The first-order valence-electron chi connectivity index (χ1n) is 11.2. The third-order valence-electron chi connectivity index (χ3n) is 6.26. The molecule has 0 aliphatic carbocycles. The van der Waals surface area contributed by atoms with E-state index in [2.05, 4.69) is 46.6 Å². The van der Waals surface area contributed by atoms with E-state index in [0.717, 1.165) is 38.0 Å². The Morgan fingerprint density at radius 1 is 0.793 bits per heavy atom. The molecule has 4 nitrogen and oxygen atoms in total. The van der Waals surface area contributed by atoms with Crippen molar-refractivity contribution >= 4 is 5.91 Å². The number of carbonyl (C=O) groups excluding carboxylic acids is 1. The number of rotatable bonds is 7. The highest BCUT2D eigenvalue weighted by Gasteiger charge is 2.27. The van der Waals surface area contributed by atoms with Gasteiger partial charge in [-0.1, -0.05) is 61.0 Å². The predicted molar refractivity (Wildman–Crippen MR) is 117 cm³/mol. The minimum atomic E-state index is -0.280. The number of piperidine rings is 1. The lowest BCUT2D eigenvalue weighted by Gasteiger charge is -2.28. The molecule has 2 saturated heterocycles. The second-order valence-electron chi connectivity index (χ2n) is 8.36. The summed E-state index contributed by atoms with van der Waals surface area (Å²) in [5.74, 6) is 0.210. The zero-order valence-electron chi connectivity index (χ0n) is 17.4. The van der Waals surface area contributed by atoms with Crippen molar-refractivity contribution in [3.05, 3.63) is 71.3 Å². The highest BCUT2D eigenvalue weighted by Crippen LogP contribution is 2.21. The van der Waals surface area contributed by atoms with Gasteiger partial charge in [-0.2, -0.15) is 0 Å². The summed E-state index contributed by atoms with van der Waals surface area (Å²) in [6.07, 6.45) is 6.20. The van der Waals surface area contributed by atoms with Gasteiger partial charge < -0.3 is 4.90 Å². The van der Waals surface area contributed by atoms with Crippen molar-refractivity contribution in [2.45, 2.75) is 51.2 Å². The number of carbonyl (C=O) groups is 1. The molecule has 2 fully saturated rings. The molecule has 1 N–H and O–H groups in total.